The molecule has 0 aromatic rings. The summed E-state index contributed by atoms with van der Waals surface area (Å²) in [5.74, 6) is 0. The molecule has 0 saturated carbocycles. The fourth-order valence-electron chi connectivity index (χ4n) is 0. The Balaban J connectivity index is 0. The third-order valence-corrected chi connectivity index (χ3v) is 0. The Bertz CT molecular complexity index is 10.1. The van der Waals surface area contributed by atoms with Gasteiger partial charge in [-0.3, -0.25) is 0 Å². The Morgan fingerprint density at radius 2 is 0.429 bits per heavy atom. The van der Waals surface area contributed by atoms with Crippen molar-refractivity contribution in [3.8, 4) is 0 Å². The monoisotopic (exact) mass is 893 g/mol. The Labute approximate surface area is 182 Å². The molecule has 0 aliphatic rings. The van der Waals surface area contributed by atoms with Crippen molar-refractivity contribution in [3.05, 3.63) is 0 Å². The van der Waals surface area contributed by atoms with Crippen molar-refractivity contribution in [1.82, 2.24) is 0 Å². The molecule has 0 fully saturated rings. The van der Waals surface area contributed by atoms with Gasteiger partial charge in [0.05, 0.1) is 0 Å². The van der Waals surface area contributed by atoms with Gasteiger partial charge in [-0.05, 0) is 0 Å². The molecule has 0 aromatic carbocycles. The van der Waals surface area contributed by atoms with E-state index in [2.05, 4.69) is 0 Å². The van der Waals surface area contributed by atoms with Gasteiger partial charge in [-0.15, -0.1) is 0 Å². The van der Waals surface area contributed by atoms with Crippen molar-refractivity contribution in [2.75, 3.05) is 0 Å². The molecule has 0 unspecified atom stereocenters. The van der Waals surface area contributed by atoms with Crippen molar-refractivity contribution in [3.63, 3.8) is 0 Å². The second kappa shape index (κ2) is 41.8. The Kier molecular flexibility index (Phi) is 325. The maximum Gasteiger partial charge on any atom is 0 e. The van der Waals surface area contributed by atoms with E-state index in [0.29, 0.717) is 0 Å². The average Bonchev–Trinajstić information content (AvgIpc) is 0. The molecule has 41 valence electrons. The van der Waals surface area contributed by atoms with Gasteiger partial charge in [0.15, 0.2) is 0 Å². The topological polar surface area (TPSA) is 94.5 Å². The van der Waals surface area contributed by atoms with Crippen LogP contribution in [0.1, 0.15) is 0 Å². The van der Waals surface area contributed by atoms with Gasteiger partial charge >= 0.3 is 0 Å². The summed E-state index contributed by atoms with van der Waals surface area (Å²) in [7, 11) is 0. The number of hydrogen-bond acceptors (Lipinski definition) is 0. The van der Waals surface area contributed by atoms with Gasteiger partial charge in [-0.2, -0.15) is 0 Å². The van der Waals surface area contributed by atoms with Crippen LogP contribution in [0.15, 0.2) is 0 Å². The second-order valence-electron chi connectivity index (χ2n) is 0. The van der Waals surface area contributed by atoms with Gasteiger partial charge in [0.1, 0.15) is 0 Å². The summed E-state index contributed by atoms with van der Waals surface area (Å²) in [5, 5.41) is 0. The first-order valence-corrected chi connectivity index (χ1v) is 0. The largest absolute Gasteiger partial charge is 0.412 e. The Morgan fingerprint density at radius 1 is 0.429 bits per heavy atom. The van der Waals surface area contributed by atoms with E-state index in [1.165, 1.54) is 0 Å². The third-order valence-electron chi connectivity index (χ3n) is 0. The van der Waals surface area contributed by atoms with Gasteiger partial charge in [0, 0.05) is 172 Å². The zero-order valence-electron chi connectivity index (χ0n) is 3.59. The molecule has 0 rings (SSSR count). The average molecular weight is 892 g/mol. The molecule has 7 heteroatoms. The van der Waals surface area contributed by atoms with Crippen LogP contribution in [0, 0.1) is 172 Å². The summed E-state index contributed by atoms with van der Waals surface area (Å²) in [4.78, 5) is 0. The van der Waals surface area contributed by atoms with Gasteiger partial charge in [-0.1, -0.05) is 0 Å². The smallest absolute Gasteiger partial charge is 0 e. The zero-order chi connectivity index (χ0) is 0. The van der Waals surface area contributed by atoms with Crippen molar-refractivity contribution >= 4 is 0 Å². The molecule has 0 bridgehead atoms. The van der Waals surface area contributed by atoms with E-state index < -0.39 is 0 Å². The molecular weight excluding hydrogens is 886 g/mol. The molecule has 0 aliphatic carbocycles. The quantitative estimate of drug-likeness (QED) is 0.258. The maximum atomic E-state index is 0. The molecule has 0 spiro atoms. The standard InChI is InChI=1S/3Ac.Gd.3H2O/h;;;;3*1H2. The van der Waals surface area contributed by atoms with Gasteiger partial charge in [0.25, 0.3) is 0 Å². The van der Waals surface area contributed by atoms with E-state index in [4.69, 9.17) is 0 Å². The summed E-state index contributed by atoms with van der Waals surface area (Å²) < 4.78 is 0. The summed E-state index contributed by atoms with van der Waals surface area (Å²) >= 11 is 0. The predicted octanol–water partition coefficient (Wildman–Crippen LogP) is -2.47. The fraction of sp³-hybridized carbons (Fsp3) is 0. The molecule has 0 saturated heterocycles. The van der Waals surface area contributed by atoms with Crippen molar-refractivity contribution in [1.29, 1.82) is 0 Å². The van der Waals surface area contributed by atoms with E-state index >= 15 is 0 Å². The Morgan fingerprint density at radius 3 is 0.429 bits per heavy atom. The Hall–Kier alpha value is 5.53. The first-order valence-electron chi connectivity index (χ1n) is 0. The molecular formula is H6Ac3GdO3. The maximum absolute atomic E-state index is 0. The summed E-state index contributed by atoms with van der Waals surface area (Å²) in [6.45, 7) is 0. The molecule has 0 aromatic heterocycles. The van der Waals surface area contributed by atoms with E-state index in [9.17, 15) is 0 Å². The van der Waals surface area contributed by atoms with Crippen LogP contribution in [0.4, 0.5) is 0 Å². The van der Waals surface area contributed by atoms with Crippen LogP contribution in [0.25, 0.3) is 0 Å². The van der Waals surface area contributed by atoms with E-state index in [0.717, 1.165) is 0 Å². The van der Waals surface area contributed by atoms with Crippen LogP contribution in [-0.4, -0.2) is 16.4 Å². The van der Waals surface area contributed by atoms with E-state index in [-0.39, 0.29) is 189 Å². The van der Waals surface area contributed by atoms with Crippen LogP contribution in [0.5, 0.6) is 0 Å². The van der Waals surface area contributed by atoms with Crippen LogP contribution < -0.4 is 0 Å². The third kappa shape index (κ3) is 34.2. The van der Waals surface area contributed by atoms with Crippen LogP contribution in [0.2, 0.25) is 0 Å². The number of hydrogen-bond donors (Lipinski definition) is 0. The minimum atomic E-state index is 0. The van der Waals surface area contributed by atoms with Crippen LogP contribution in [0.3, 0.4) is 0 Å². The van der Waals surface area contributed by atoms with E-state index in [1.54, 1.807) is 0 Å². The minimum Gasteiger partial charge on any atom is -0.412 e. The summed E-state index contributed by atoms with van der Waals surface area (Å²) in [6.07, 6.45) is 0. The predicted molar refractivity (Wildman–Crippen MR) is 10.8 cm³/mol. The normalized spacial score (nSPS) is 0. The number of rotatable bonds is 0. The molecule has 3 nitrogen and oxygen atoms in total. The van der Waals surface area contributed by atoms with Crippen LogP contribution in [-0.2, 0) is 0 Å². The van der Waals surface area contributed by atoms with Crippen molar-refractivity contribution < 1.29 is 189 Å². The van der Waals surface area contributed by atoms with Crippen molar-refractivity contribution in [2.24, 2.45) is 0 Å². The van der Waals surface area contributed by atoms with Crippen molar-refractivity contribution in [2.45, 2.75) is 0 Å². The van der Waals surface area contributed by atoms with Gasteiger partial charge in [0.2, 0.25) is 0 Å². The molecule has 7 heavy (non-hydrogen) atoms. The first-order chi connectivity index (χ1) is 0. The van der Waals surface area contributed by atoms with Gasteiger partial charge < -0.3 is 16.4 Å². The van der Waals surface area contributed by atoms with Crippen LogP contribution >= 0.6 is 0 Å². The second-order valence-corrected chi connectivity index (χ2v) is 0. The fourth-order valence-corrected chi connectivity index (χ4v) is 0. The molecule has 0 heterocycles. The minimum absolute atomic E-state index is 0. The van der Waals surface area contributed by atoms with E-state index in [1.807, 2.05) is 0 Å². The summed E-state index contributed by atoms with van der Waals surface area (Å²) in [5.41, 5.74) is 0. The summed E-state index contributed by atoms with van der Waals surface area (Å²) in [6, 6.07) is 0. The zero-order valence-corrected chi connectivity index (χ0v) is 20.1. The molecule has 0 aliphatic heterocycles. The first kappa shape index (κ1) is 54.5. The molecule has 6 N–H and O–H groups in total. The SMILES string of the molecule is O.O.O.[Ac].[Ac].[Ac].[Gd]. The molecule has 0 amide bonds. The van der Waals surface area contributed by atoms with Gasteiger partial charge in [-0.25, -0.2) is 0 Å². The molecule has 3 radical (unpaired) electrons. The molecule has 0 atom stereocenters.